The third kappa shape index (κ3) is 6.16. The van der Waals surface area contributed by atoms with Crippen molar-refractivity contribution in [2.24, 2.45) is 0 Å². The van der Waals surface area contributed by atoms with Crippen LogP contribution in [0.5, 0.6) is 0 Å². The van der Waals surface area contributed by atoms with Crippen molar-refractivity contribution < 1.29 is 0 Å². The third-order valence-corrected chi connectivity index (χ3v) is 5.90. The zero-order chi connectivity index (χ0) is 25.1. The van der Waals surface area contributed by atoms with Crippen molar-refractivity contribution in [3.05, 3.63) is 158 Å². The molecular weight excluding hydrogens is 450 g/mol. The average molecular weight is 478 g/mol. The normalized spacial score (nSPS) is 10.2. The van der Waals surface area contributed by atoms with E-state index in [1.165, 1.54) is 22.3 Å². The van der Waals surface area contributed by atoms with Gasteiger partial charge in [0.2, 0.25) is 0 Å². The molecule has 7 aromatic rings. The van der Waals surface area contributed by atoms with Gasteiger partial charge in [-0.1, -0.05) is 140 Å². The van der Waals surface area contributed by atoms with Crippen molar-refractivity contribution in [2.45, 2.75) is 0 Å². The van der Waals surface area contributed by atoms with Gasteiger partial charge in [-0.15, -0.1) is 0 Å². The van der Waals surface area contributed by atoms with Crippen molar-refractivity contribution in [2.75, 3.05) is 0 Å². The lowest BCUT2D eigenvalue weighted by Gasteiger charge is -1.98. The van der Waals surface area contributed by atoms with E-state index in [1.54, 1.807) is 12.4 Å². The van der Waals surface area contributed by atoms with Gasteiger partial charge in [0.05, 0.1) is 0 Å². The van der Waals surface area contributed by atoms with E-state index in [1.807, 2.05) is 48.5 Å². The molecule has 0 aliphatic rings. The second-order valence-corrected chi connectivity index (χ2v) is 8.39. The molecule has 0 unspecified atom stereocenters. The predicted molar refractivity (Wildman–Crippen MR) is 155 cm³/mol. The summed E-state index contributed by atoms with van der Waals surface area (Å²) < 4.78 is 0. The van der Waals surface area contributed by atoms with E-state index >= 15 is 0 Å². The fraction of sp³-hybridized carbons (Fsp3) is 0. The van der Waals surface area contributed by atoms with Gasteiger partial charge in [0, 0.05) is 23.3 Å². The molecule has 3 heteroatoms. The first-order valence-corrected chi connectivity index (χ1v) is 12.3. The zero-order valence-corrected chi connectivity index (χ0v) is 20.4. The van der Waals surface area contributed by atoms with Crippen LogP contribution in [0.3, 0.4) is 0 Å². The first-order valence-electron chi connectivity index (χ1n) is 12.3. The topological polar surface area (TPSA) is 41.6 Å². The molecule has 0 saturated heterocycles. The van der Waals surface area contributed by atoms with E-state index in [-0.39, 0.29) is 0 Å². The van der Waals surface area contributed by atoms with E-state index in [9.17, 15) is 0 Å². The van der Waals surface area contributed by atoms with Gasteiger partial charge < -0.3 is 4.98 Å². The average Bonchev–Trinajstić information content (AvgIpc) is 3.39. The molecular formula is C34H27N3. The molecule has 0 aliphatic carbocycles. The van der Waals surface area contributed by atoms with Crippen LogP contribution in [0.4, 0.5) is 0 Å². The van der Waals surface area contributed by atoms with E-state index in [0.29, 0.717) is 0 Å². The molecule has 178 valence electrons. The van der Waals surface area contributed by atoms with E-state index in [2.05, 4.69) is 112 Å². The Hall–Kier alpha value is -5.02. The molecule has 1 N–H and O–H groups in total. The van der Waals surface area contributed by atoms with Crippen molar-refractivity contribution >= 4 is 22.1 Å². The summed E-state index contributed by atoms with van der Waals surface area (Å²) in [5.74, 6) is 0. The molecule has 2 heterocycles. The number of hydrogen-bond donors (Lipinski definition) is 1. The van der Waals surface area contributed by atoms with E-state index in [4.69, 9.17) is 0 Å². The minimum Gasteiger partial charge on any atom is -0.338 e. The summed E-state index contributed by atoms with van der Waals surface area (Å²) in [5.41, 5.74) is 7.98. The van der Waals surface area contributed by atoms with Crippen LogP contribution < -0.4 is 0 Å². The maximum absolute atomic E-state index is 4.28. The lowest BCUT2D eigenvalue weighted by atomic mass is 10.1. The number of hydrogen-bond acceptors (Lipinski definition) is 2. The lowest BCUT2D eigenvalue weighted by Crippen LogP contribution is -1.76. The molecule has 0 saturated carbocycles. The van der Waals surface area contributed by atoms with Crippen LogP contribution in [0, 0.1) is 0 Å². The van der Waals surface area contributed by atoms with Crippen LogP contribution in [0.15, 0.2) is 158 Å². The Kier molecular flexibility index (Phi) is 7.75. The van der Waals surface area contributed by atoms with E-state index < -0.39 is 0 Å². The van der Waals surface area contributed by atoms with Gasteiger partial charge in [-0.25, -0.2) is 4.98 Å². The smallest absolute Gasteiger partial charge is 0.157 e. The highest BCUT2D eigenvalue weighted by atomic mass is 14.9. The maximum Gasteiger partial charge on any atom is 0.157 e. The van der Waals surface area contributed by atoms with Gasteiger partial charge in [-0.3, -0.25) is 4.98 Å². The molecule has 0 aliphatic heterocycles. The number of aromatic amines is 1. The van der Waals surface area contributed by atoms with Crippen LogP contribution in [0.2, 0.25) is 0 Å². The summed E-state index contributed by atoms with van der Waals surface area (Å²) in [5, 5.41) is 1.13. The SMILES string of the molecule is c1ccc(-c2ccccc2)cc1.c1ccc(-c2ccccc2)cc1.c1ccc2c(c1)[nH]c1nccnc12. The van der Waals surface area contributed by atoms with Gasteiger partial charge in [-0.05, 0) is 28.3 Å². The molecule has 0 radical (unpaired) electrons. The Balaban J connectivity index is 0.000000114. The molecule has 7 rings (SSSR count). The first kappa shape index (κ1) is 23.7. The summed E-state index contributed by atoms with van der Waals surface area (Å²) in [7, 11) is 0. The van der Waals surface area contributed by atoms with Crippen LogP contribution in [0.25, 0.3) is 44.3 Å². The predicted octanol–water partition coefficient (Wildman–Crippen LogP) is 8.82. The molecule has 37 heavy (non-hydrogen) atoms. The largest absolute Gasteiger partial charge is 0.338 e. The van der Waals surface area contributed by atoms with Gasteiger partial charge in [-0.2, -0.15) is 0 Å². The molecule has 0 amide bonds. The third-order valence-electron chi connectivity index (χ3n) is 5.90. The number of para-hydroxylation sites is 1. The molecule has 0 bridgehead atoms. The van der Waals surface area contributed by atoms with Crippen molar-refractivity contribution in [3.8, 4) is 22.3 Å². The molecule has 0 spiro atoms. The van der Waals surface area contributed by atoms with Crippen molar-refractivity contribution in [3.63, 3.8) is 0 Å². The Labute approximate surface area is 217 Å². The summed E-state index contributed by atoms with van der Waals surface area (Å²) in [6, 6.07) is 49.6. The molecule has 2 aromatic heterocycles. The van der Waals surface area contributed by atoms with Crippen LogP contribution in [0.1, 0.15) is 0 Å². The second-order valence-electron chi connectivity index (χ2n) is 8.39. The zero-order valence-electron chi connectivity index (χ0n) is 20.4. The van der Waals surface area contributed by atoms with Gasteiger partial charge in [0.25, 0.3) is 0 Å². The summed E-state index contributed by atoms with van der Waals surface area (Å²) in [4.78, 5) is 11.7. The number of H-pyrrole nitrogens is 1. The maximum atomic E-state index is 4.28. The van der Waals surface area contributed by atoms with Crippen LogP contribution >= 0.6 is 0 Å². The lowest BCUT2D eigenvalue weighted by molar-refractivity contribution is 1.27. The van der Waals surface area contributed by atoms with Crippen LogP contribution in [-0.4, -0.2) is 15.0 Å². The summed E-state index contributed by atoms with van der Waals surface area (Å²) in [6.45, 7) is 0. The number of benzene rings is 5. The standard InChI is InChI=1S/2C12H10.C10H7N3/c2*1-3-7-11(8-4-1)12-9-5-2-6-10-12;1-2-4-8-7(3-1)9-10(13-8)12-6-5-11-9/h2*1-10H;1-6H,(H,12,13). The Morgan fingerprint density at radius 1 is 0.378 bits per heavy atom. The Morgan fingerprint density at radius 2 is 0.757 bits per heavy atom. The highest BCUT2D eigenvalue weighted by Gasteiger charge is 2.03. The minimum atomic E-state index is 0.851. The van der Waals surface area contributed by atoms with E-state index in [0.717, 1.165) is 22.1 Å². The molecule has 0 atom stereocenters. The second kappa shape index (κ2) is 12.1. The number of nitrogens with zero attached hydrogens (tertiary/aromatic N) is 2. The highest BCUT2D eigenvalue weighted by molar-refractivity contribution is 6.03. The number of rotatable bonds is 2. The minimum absolute atomic E-state index is 0.851. The Morgan fingerprint density at radius 3 is 1.22 bits per heavy atom. The molecule has 0 fully saturated rings. The monoisotopic (exact) mass is 477 g/mol. The molecule has 3 nitrogen and oxygen atoms in total. The van der Waals surface area contributed by atoms with Crippen molar-refractivity contribution in [1.29, 1.82) is 0 Å². The van der Waals surface area contributed by atoms with Gasteiger partial charge in [0.1, 0.15) is 5.52 Å². The van der Waals surface area contributed by atoms with Crippen molar-refractivity contribution in [1.82, 2.24) is 15.0 Å². The van der Waals surface area contributed by atoms with Crippen LogP contribution in [-0.2, 0) is 0 Å². The fourth-order valence-corrected chi connectivity index (χ4v) is 4.08. The highest BCUT2D eigenvalue weighted by Crippen LogP contribution is 2.21. The number of fused-ring (bicyclic) bond motifs is 3. The number of aromatic nitrogens is 3. The summed E-state index contributed by atoms with van der Waals surface area (Å²) in [6.07, 6.45) is 3.40. The fourth-order valence-electron chi connectivity index (χ4n) is 4.08. The van der Waals surface area contributed by atoms with Gasteiger partial charge >= 0.3 is 0 Å². The number of nitrogens with one attached hydrogen (secondary N) is 1. The summed E-state index contributed by atoms with van der Waals surface area (Å²) >= 11 is 0. The Bertz CT molecular complexity index is 1440. The van der Waals surface area contributed by atoms with Gasteiger partial charge in [0.15, 0.2) is 5.65 Å². The quantitative estimate of drug-likeness (QED) is 0.270. The molecule has 5 aromatic carbocycles. The first-order chi connectivity index (χ1) is 18.4.